The number of nitriles is 1. The quantitative estimate of drug-likeness (QED) is 0.734. The first-order valence-corrected chi connectivity index (χ1v) is 7.44. The molecule has 1 aromatic heterocycles. The lowest BCUT2D eigenvalue weighted by Gasteiger charge is -2.11. The van der Waals surface area contributed by atoms with E-state index in [9.17, 15) is 9.59 Å². The van der Waals surface area contributed by atoms with E-state index in [4.69, 9.17) is 19.5 Å². The first kappa shape index (κ1) is 18.0. The average Bonchev–Trinajstić information content (AvgIpc) is 2.63. The molecule has 8 heteroatoms. The first-order valence-electron chi connectivity index (χ1n) is 7.44. The van der Waals surface area contributed by atoms with Crippen LogP contribution in [0.5, 0.6) is 11.5 Å². The number of ether oxygens (including phenoxy) is 3. The summed E-state index contributed by atoms with van der Waals surface area (Å²) in [4.78, 5) is 24.3. The summed E-state index contributed by atoms with van der Waals surface area (Å²) in [5, 5.41) is 13.0. The Labute approximate surface area is 144 Å². The maximum absolute atomic E-state index is 12.3. The largest absolute Gasteiger partial charge is 0.493 e. The second-order valence-corrected chi connectivity index (χ2v) is 4.85. The Balaban J connectivity index is 2.63. The molecule has 0 unspecified atom stereocenters. The zero-order valence-electron chi connectivity index (χ0n) is 14.1. The predicted octanol–water partition coefficient (Wildman–Crippen LogP) is 1.63. The number of carbonyl (C=O) groups is 1. The van der Waals surface area contributed by atoms with Crippen LogP contribution in [0, 0.1) is 11.3 Å². The smallest absolute Gasteiger partial charge is 0.343 e. The summed E-state index contributed by atoms with van der Waals surface area (Å²) in [5.74, 6) is 0.239. The molecule has 1 aromatic carbocycles. The molecule has 2 aromatic rings. The van der Waals surface area contributed by atoms with Gasteiger partial charge in [0.2, 0.25) is 0 Å². The van der Waals surface area contributed by atoms with E-state index in [0.717, 1.165) is 4.68 Å². The minimum Gasteiger partial charge on any atom is -0.493 e. The van der Waals surface area contributed by atoms with Crippen LogP contribution < -0.4 is 15.0 Å². The third-order valence-corrected chi connectivity index (χ3v) is 3.37. The van der Waals surface area contributed by atoms with Gasteiger partial charge >= 0.3 is 5.97 Å². The average molecular weight is 343 g/mol. The van der Waals surface area contributed by atoms with E-state index in [0.29, 0.717) is 22.8 Å². The zero-order chi connectivity index (χ0) is 18.4. The molecular weight excluding hydrogens is 326 g/mol. The van der Waals surface area contributed by atoms with Crippen molar-refractivity contribution in [1.82, 2.24) is 9.78 Å². The van der Waals surface area contributed by atoms with Crippen LogP contribution in [0.25, 0.3) is 11.3 Å². The Morgan fingerprint density at radius 3 is 2.56 bits per heavy atom. The second-order valence-electron chi connectivity index (χ2n) is 4.85. The van der Waals surface area contributed by atoms with E-state index >= 15 is 0 Å². The lowest BCUT2D eigenvalue weighted by Crippen LogP contribution is -2.29. The maximum atomic E-state index is 12.3. The highest BCUT2D eigenvalue weighted by atomic mass is 16.5. The Hall–Kier alpha value is -3.34. The normalized spacial score (nSPS) is 10.0. The Kier molecular flexibility index (Phi) is 5.74. The molecule has 0 radical (unpaired) electrons. The van der Waals surface area contributed by atoms with Crippen LogP contribution >= 0.6 is 0 Å². The molecule has 0 aliphatic heterocycles. The van der Waals surface area contributed by atoms with E-state index in [1.54, 1.807) is 25.1 Å². The molecule has 0 amide bonds. The number of carbonyl (C=O) groups excluding carboxylic acids is 1. The molecule has 0 aliphatic carbocycles. The van der Waals surface area contributed by atoms with Crippen molar-refractivity contribution in [3.63, 3.8) is 0 Å². The number of methoxy groups -OCH3 is 2. The monoisotopic (exact) mass is 343 g/mol. The summed E-state index contributed by atoms with van der Waals surface area (Å²) in [6, 6.07) is 8.24. The van der Waals surface area contributed by atoms with Gasteiger partial charge in [-0.15, -0.1) is 0 Å². The summed E-state index contributed by atoms with van der Waals surface area (Å²) < 4.78 is 16.3. The van der Waals surface area contributed by atoms with Gasteiger partial charge in [-0.3, -0.25) is 4.79 Å². The number of benzene rings is 1. The molecule has 0 saturated carbocycles. The molecule has 8 nitrogen and oxygen atoms in total. The fourth-order valence-corrected chi connectivity index (χ4v) is 2.21. The summed E-state index contributed by atoms with van der Waals surface area (Å²) in [6.45, 7) is 1.49. The highest BCUT2D eigenvalue weighted by Gasteiger charge is 2.18. The van der Waals surface area contributed by atoms with Gasteiger partial charge in [0.05, 0.1) is 32.6 Å². The fraction of sp³-hybridized carbons (Fsp3) is 0.294. The third kappa shape index (κ3) is 3.77. The van der Waals surface area contributed by atoms with Gasteiger partial charge in [0.1, 0.15) is 12.1 Å². The van der Waals surface area contributed by atoms with Crippen molar-refractivity contribution in [1.29, 1.82) is 5.26 Å². The first-order chi connectivity index (χ1) is 12.0. The van der Waals surface area contributed by atoms with Gasteiger partial charge in [0.15, 0.2) is 11.5 Å². The van der Waals surface area contributed by atoms with Gasteiger partial charge < -0.3 is 14.2 Å². The molecule has 0 bridgehead atoms. The van der Waals surface area contributed by atoms with Crippen LogP contribution in [0.1, 0.15) is 17.3 Å². The molecule has 0 spiro atoms. The third-order valence-electron chi connectivity index (χ3n) is 3.37. The van der Waals surface area contributed by atoms with E-state index in [2.05, 4.69) is 5.10 Å². The van der Waals surface area contributed by atoms with Gasteiger partial charge in [0, 0.05) is 5.56 Å². The highest BCUT2D eigenvalue weighted by molar-refractivity contribution is 5.90. The van der Waals surface area contributed by atoms with Gasteiger partial charge in [-0.05, 0) is 31.2 Å². The second kappa shape index (κ2) is 7.97. The molecular formula is C17H17N3O5. The molecule has 130 valence electrons. The van der Waals surface area contributed by atoms with Crippen LogP contribution in [-0.4, -0.2) is 36.6 Å². The predicted molar refractivity (Wildman–Crippen MR) is 88.6 cm³/mol. The highest BCUT2D eigenvalue weighted by Crippen LogP contribution is 2.31. The molecule has 25 heavy (non-hydrogen) atoms. The molecule has 0 aliphatic rings. The molecule has 1 heterocycles. The van der Waals surface area contributed by atoms with Gasteiger partial charge in [-0.1, -0.05) is 0 Å². The summed E-state index contributed by atoms with van der Waals surface area (Å²) >= 11 is 0. The van der Waals surface area contributed by atoms with Crippen LogP contribution in [-0.2, 0) is 11.3 Å². The SMILES string of the molecule is CCOC(=O)c1cc(-c2ccc(OC)c(OC)c2)nn(CC#N)c1=O. The topological polar surface area (TPSA) is 103 Å². The van der Waals surface area contributed by atoms with Crippen molar-refractivity contribution in [2.24, 2.45) is 0 Å². The number of nitrogens with zero attached hydrogens (tertiary/aromatic N) is 3. The minimum absolute atomic E-state index is 0.130. The van der Waals surface area contributed by atoms with Gasteiger partial charge in [-0.2, -0.15) is 10.4 Å². The lowest BCUT2D eigenvalue weighted by molar-refractivity contribution is 0.0523. The Bertz CT molecular complexity index is 883. The number of esters is 1. The molecule has 0 saturated heterocycles. The van der Waals surface area contributed by atoms with Crippen molar-refractivity contribution in [2.45, 2.75) is 13.5 Å². The number of hydrogen-bond donors (Lipinski definition) is 0. The van der Waals surface area contributed by atoms with Gasteiger partial charge in [0.25, 0.3) is 5.56 Å². The van der Waals surface area contributed by atoms with Crippen molar-refractivity contribution >= 4 is 5.97 Å². The van der Waals surface area contributed by atoms with Crippen molar-refractivity contribution < 1.29 is 19.0 Å². The summed E-state index contributed by atoms with van der Waals surface area (Å²) in [7, 11) is 3.01. The Morgan fingerprint density at radius 1 is 1.24 bits per heavy atom. The van der Waals surface area contributed by atoms with Gasteiger partial charge in [-0.25, -0.2) is 9.48 Å². The van der Waals surface area contributed by atoms with Crippen molar-refractivity contribution in [3.8, 4) is 28.8 Å². The van der Waals surface area contributed by atoms with E-state index in [1.165, 1.54) is 20.3 Å². The minimum atomic E-state index is -0.761. The summed E-state index contributed by atoms with van der Waals surface area (Å²) in [5.41, 5.74) is 0.0647. The van der Waals surface area contributed by atoms with E-state index < -0.39 is 11.5 Å². The maximum Gasteiger partial charge on any atom is 0.343 e. The van der Waals surface area contributed by atoms with Crippen LogP contribution in [0.3, 0.4) is 0 Å². The number of rotatable bonds is 6. The van der Waals surface area contributed by atoms with Crippen LogP contribution in [0.4, 0.5) is 0 Å². The molecule has 0 fully saturated rings. The standard InChI is InChI=1S/C17H17N3O5/c1-4-25-17(22)12-10-13(19-20(8-7-18)16(12)21)11-5-6-14(23-2)15(9-11)24-3/h5-6,9-10H,4,8H2,1-3H3. The zero-order valence-corrected chi connectivity index (χ0v) is 14.1. The van der Waals surface area contributed by atoms with Crippen LogP contribution in [0.15, 0.2) is 29.1 Å². The fourth-order valence-electron chi connectivity index (χ4n) is 2.21. The number of hydrogen-bond acceptors (Lipinski definition) is 7. The molecule has 2 rings (SSSR count). The molecule has 0 atom stereocenters. The lowest BCUT2D eigenvalue weighted by atomic mass is 10.1. The summed E-state index contributed by atoms with van der Waals surface area (Å²) in [6.07, 6.45) is 0. The van der Waals surface area contributed by atoms with Crippen molar-refractivity contribution in [2.75, 3.05) is 20.8 Å². The van der Waals surface area contributed by atoms with E-state index in [-0.39, 0.29) is 18.7 Å². The van der Waals surface area contributed by atoms with Crippen molar-refractivity contribution in [3.05, 3.63) is 40.2 Å². The Morgan fingerprint density at radius 2 is 1.96 bits per heavy atom. The number of aromatic nitrogens is 2. The van der Waals surface area contributed by atoms with E-state index in [1.807, 2.05) is 6.07 Å². The van der Waals surface area contributed by atoms with Crippen LogP contribution in [0.2, 0.25) is 0 Å². The molecule has 0 N–H and O–H groups in total.